The molecule has 0 radical (unpaired) electrons. The van der Waals surface area contributed by atoms with E-state index in [9.17, 15) is 27.6 Å². The number of alkyl halides is 3. The molecular weight excluding hydrogens is 766 g/mol. The number of fused-ring (bicyclic) bond motifs is 7. The maximum Gasteiger partial charge on any atom is 0.417 e. The van der Waals surface area contributed by atoms with Gasteiger partial charge in [0, 0.05) is 114 Å². The molecule has 304 valence electrons. The first-order valence-electron chi connectivity index (χ1n) is 20.0. The van der Waals surface area contributed by atoms with Crippen molar-refractivity contribution in [1.29, 1.82) is 0 Å². The number of nitrogens with one attached hydrogen (secondary N) is 1. The number of unbranched alkanes of at least 4 members (excludes halogenated alkanes) is 4. The summed E-state index contributed by atoms with van der Waals surface area (Å²) >= 11 is 0. The number of benzene rings is 4. The quantitative estimate of drug-likeness (QED) is 0.0942. The van der Waals surface area contributed by atoms with E-state index in [2.05, 4.69) is 15.1 Å². The summed E-state index contributed by atoms with van der Waals surface area (Å²) in [6.07, 6.45) is 1.14. The first-order valence-corrected chi connectivity index (χ1v) is 20.0. The van der Waals surface area contributed by atoms with Crippen LogP contribution in [-0.4, -0.2) is 55.6 Å². The minimum Gasteiger partial charge on any atom is -0.481 e. The molecule has 0 aliphatic carbocycles. The van der Waals surface area contributed by atoms with Crippen LogP contribution in [0, 0.1) is 0 Å². The third-order valence-corrected chi connectivity index (χ3v) is 12.0. The van der Waals surface area contributed by atoms with E-state index in [1.54, 1.807) is 18.2 Å². The van der Waals surface area contributed by atoms with Gasteiger partial charge in [-0.25, -0.2) is 4.79 Å². The lowest BCUT2D eigenvalue weighted by atomic mass is 9.74. The van der Waals surface area contributed by atoms with Crippen molar-refractivity contribution in [2.45, 2.75) is 63.1 Å². The topological polar surface area (TPSA) is 133 Å². The number of halogens is 3. The summed E-state index contributed by atoms with van der Waals surface area (Å²) in [7, 11) is 0. The second-order valence-corrected chi connectivity index (χ2v) is 15.6. The standard InChI is InChI=1S/C45H41F3N4O7/c46-45(47,48)36-26-41(55)59-37-25-30(10-14-31(36)37)52-43(57)32-13-9-27(42(56)49-17-5-3-1-2-4-8-40(53)54)22-35(32)44(52)33-15-11-28(50-18-6-19-50)23-38(33)58-39-24-29(12-16-34(39)44)51-20-7-21-51/h9-16,22-26H,1-8,17-21H2,(H,49,56)(H,53,54). The molecule has 59 heavy (non-hydrogen) atoms. The van der Waals surface area contributed by atoms with Crippen LogP contribution in [0.5, 0.6) is 11.5 Å². The highest BCUT2D eigenvalue weighted by Crippen LogP contribution is 2.60. The molecule has 2 amide bonds. The SMILES string of the molecule is O=C(O)CCCCCCCNC(=O)c1ccc2c(c1)C1(c3ccc(N4CCC4)cc3Oc3cc(N4CCC4)ccc31)N(c1ccc3c(C(F)(F)F)cc(=O)oc3c1)C2=O. The predicted molar refractivity (Wildman–Crippen MR) is 215 cm³/mol. The van der Waals surface area contributed by atoms with Crippen LogP contribution in [0.25, 0.3) is 11.0 Å². The number of anilines is 3. The highest BCUT2D eigenvalue weighted by atomic mass is 19.4. The number of carboxylic acid groups (broad SMARTS) is 1. The third kappa shape index (κ3) is 6.64. The van der Waals surface area contributed by atoms with Gasteiger partial charge in [-0.15, -0.1) is 0 Å². The van der Waals surface area contributed by atoms with E-state index < -0.39 is 34.8 Å². The average Bonchev–Trinajstić information content (AvgIpc) is 3.40. The van der Waals surface area contributed by atoms with Crippen LogP contribution in [0.15, 0.2) is 88.1 Å². The highest BCUT2D eigenvalue weighted by Gasteiger charge is 2.57. The lowest BCUT2D eigenvalue weighted by Gasteiger charge is -2.45. The number of carbonyl (C=O) groups is 3. The van der Waals surface area contributed by atoms with Crippen molar-refractivity contribution in [2.24, 2.45) is 0 Å². The Morgan fingerprint density at radius 3 is 1.97 bits per heavy atom. The molecule has 4 aromatic carbocycles. The molecule has 1 aromatic heterocycles. The first kappa shape index (κ1) is 38.2. The average molecular weight is 807 g/mol. The predicted octanol–water partition coefficient (Wildman–Crippen LogP) is 8.45. The summed E-state index contributed by atoms with van der Waals surface area (Å²) < 4.78 is 54.6. The molecule has 2 saturated heterocycles. The van der Waals surface area contributed by atoms with Gasteiger partial charge < -0.3 is 29.4 Å². The van der Waals surface area contributed by atoms with Crippen LogP contribution in [0.2, 0.25) is 0 Å². The Balaban J connectivity index is 1.19. The third-order valence-electron chi connectivity index (χ3n) is 12.0. The fourth-order valence-corrected chi connectivity index (χ4v) is 8.76. The molecule has 5 heterocycles. The molecule has 11 nitrogen and oxygen atoms in total. The van der Waals surface area contributed by atoms with Crippen molar-refractivity contribution in [1.82, 2.24) is 5.32 Å². The van der Waals surface area contributed by atoms with E-state index >= 15 is 4.79 Å². The molecule has 2 fully saturated rings. The number of carboxylic acids is 1. The summed E-state index contributed by atoms with van der Waals surface area (Å²) in [6.45, 7) is 3.89. The summed E-state index contributed by atoms with van der Waals surface area (Å²) in [5.74, 6) is -0.665. The van der Waals surface area contributed by atoms with E-state index in [-0.39, 0.29) is 34.5 Å². The zero-order valence-corrected chi connectivity index (χ0v) is 32.1. The van der Waals surface area contributed by atoms with Crippen LogP contribution >= 0.6 is 0 Å². The van der Waals surface area contributed by atoms with Crippen LogP contribution in [0.3, 0.4) is 0 Å². The van der Waals surface area contributed by atoms with Crippen molar-refractivity contribution in [3.63, 3.8) is 0 Å². The van der Waals surface area contributed by atoms with E-state index in [0.29, 0.717) is 59.2 Å². The number of aliphatic carboxylic acids is 1. The number of hydrogen-bond donors (Lipinski definition) is 2. The van der Waals surface area contributed by atoms with Gasteiger partial charge in [0.15, 0.2) is 0 Å². The van der Waals surface area contributed by atoms with Gasteiger partial charge in [0.2, 0.25) is 0 Å². The van der Waals surface area contributed by atoms with Crippen molar-refractivity contribution in [2.75, 3.05) is 47.4 Å². The van der Waals surface area contributed by atoms with Crippen molar-refractivity contribution >= 4 is 45.8 Å². The number of amides is 2. The molecule has 0 unspecified atom stereocenters. The molecule has 0 bridgehead atoms. The number of hydrogen-bond acceptors (Lipinski definition) is 8. The van der Waals surface area contributed by atoms with Gasteiger partial charge in [0.25, 0.3) is 11.8 Å². The van der Waals surface area contributed by atoms with Gasteiger partial charge in [-0.1, -0.05) is 31.4 Å². The van der Waals surface area contributed by atoms with Gasteiger partial charge >= 0.3 is 17.8 Å². The summed E-state index contributed by atoms with van der Waals surface area (Å²) in [5, 5.41) is 11.5. The highest BCUT2D eigenvalue weighted by molar-refractivity contribution is 6.15. The van der Waals surface area contributed by atoms with Gasteiger partial charge in [-0.3, -0.25) is 19.3 Å². The molecule has 4 aliphatic heterocycles. The van der Waals surface area contributed by atoms with Gasteiger partial charge in [-0.2, -0.15) is 13.2 Å². The Labute approximate surface area is 337 Å². The summed E-state index contributed by atoms with van der Waals surface area (Å²) in [6, 6.07) is 20.9. The lowest BCUT2D eigenvalue weighted by molar-refractivity contribution is -0.137. The second-order valence-electron chi connectivity index (χ2n) is 15.6. The minimum absolute atomic E-state index is 0.132. The zero-order chi connectivity index (χ0) is 41.1. The van der Waals surface area contributed by atoms with Crippen LogP contribution in [0.1, 0.15) is 94.3 Å². The normalized spacial score (nSPS) is 16.3. The molecule has 1 spiro atoms. The Morgan fingerprint density at radius 1 is 0.729 bits per heavy atom. The van der Waals surface area contributed by atoms with E-state index in [1.165, 1.54) is 23.1 Å². The van der Waals surface area contributed by atoms with Gasteiger partial charge in [0.1, 0.15) is 22.6 Å². The maximum absolute atomic E-state index is 15.1. The molecule has 5 aromatic rings. The summed E-state index contributed by atoms with van der Waals surface area (Å²) in [4.78, 5) is 58.2. The lowest BCUT2D eigenvalue weighted by Crippen LogP contribution is -2.48. The molecule has 14 heteroatoms. The van der Waals surface area contributed by atoms with E-state index in [4.69, 9.17) is 14.3 Å². The van der Waals surface area contributed by atoms with Gasteiger partial charge in [-0.05, 0) is 68.1 Å². The smallest absolute Gasteiger partial charge is 0.417 e. The number of carbonyl (C=O) groups excluding carboxylic acids is 2. The molecule has 4 aliphatic rings. The minimum atomic E-state index is -4.84. The Bertz CT molecular complexity index is 2520. The van der Waals surface area contributed by atoms with Crippen LogP contribution in [0.4, 0.5) is 30.2 Å². The largest absolute Gasteiger partial charge is 0.481 e. The Kier molecular flexibility index (Phi) is 9.60. The fraction of sp³-hybridized carbons (Fsp3) is 0.333. The van der Waals surface area contributed by atoms with Gasteiger partial charge in [0.05, 0.1) is 5.56 Å². The fourth-order valence-electron chi connectivity index (χ4n) is 8.76. The first-order chi connectivity index (χ1) is 28.4. The maximum atomic E-state index is 15.1. The number of nitrogens with zero attached hydrogens (tertiary/aromatic N) is 3. The summed E-state index contributed by atoms with van der Waals surface area (Å²) in [5.41, 5.74) is 0.147. The molecule has 0 atom stereocenters. The Morgan fingerprint density at radius 2 is 1.36 bits per heavy atom. The van der Waals surface area contributed by atoms with E-state index in [1.807, 2.05) is 36.4 Å². The second kappa shape index (κ2) is 14.8. The van der Waals surface area contributed by atoms with Crippen LogP contribution < -0.4 is 30.4 Å². The number of rotatable bonds is 12. The Hall–Kier alpha value is -6.31. The van der Waals surface area contributed by atoms with E-state index in [0.717, 1.165) is 69.7 Å². The molecule has 9 rings (SSSR count). The number of ether oxygens (including phenoxy) is 1. The molecule has 2 N–H and O–H groups in total. The molecular formula is C45H41F3N4O7. The van der Waals surface area contributed by atoms with Crippen molar-refractivity contribution in [3.8, 4) is 11.5 Å². The zero-order valence-electron chi connectivity index (χ0n) is 32.1. The van der Waals surface area contributed by atoms with Crippen LogP contribution in [-0.2, 0) is 16.5 Å². The molecule has 0 saturated carbocycles. The van der Waals surface area contributed by atoms with Crippen molar-refractivity contribution in [3.05, 3.63) is 123 Å². The van der Waals surface area contributed by atoms with Crippen molar-refractivity contribution < 1.29 is 41.8 Å². The monoisotopic (exact) mass is 806 g/mol.